The highest BCUT2D eigenvalue weighted by molar-refractivity contribution is 8.00. The molecule has 1 N–H and O–H groups in total. The first kappa shape index (κ1) is 22.3. The highest BCUT2D eigenvalue weighted by Crippen LogP contribution is 2.40. The summed E-state index contributed by atoms with van der Waals surface area (Å²) in [5.74, 6) is 1.33. The van der Waals surface area contributed by atoms with Crippen LogP contribution in [0.3, 0.4) is 0 Å². The molecule has 11 heteroatoms. The topological polar surface area (TPSA) is 106 Å². The number of morpholine rings is 1. The van der Waals surface area contributed by atoms with Gasteiger partial charge in [0.2, 0.25) is 15.9 Å². The molecular weight excluding hydrogens is 438 g/mol. The highest BCUT2D eigenvalue weighted by Gasteiger charge is 2.31. The van der Waals surface area contributed by atoms with Crippen molar-refractivity contribution in [2.45, 2.75) is 54.5 Å². The Kier molecular flexibility index (Phi) is 6.65. The van der Waals surface area contributed by atoms with Gasteiger partial charge in [-0.25, -0.2) is 8.42 Å². The van der Waals surface area contributed by atoms with Crippen LogP contribution in [0.5, 0.6) is 0 Å². The summed E-state index contributed by atoms with van der Waals surface area (Å²) in [6.45, 7) is 6.14. The van der Waals surface area contributed by atoms with Gasteiger partial charge in [-0.3, -0.25) is 4.79 Å². The molecule has 2 aromatic rings. The van der Waals surface area contributed by atoms with Crippen molar-refractivity contribution in [3.63, 3.8) is 0 Å². The molecular formula is C20H27N5O4S2. The number of nitrogens with zero attached hydrogens (tertiary/aromatic N) is 4. The van der Waals surface area contributed by atoms with Crippen LogP contribution in [0.2, 0.25) is 0 Å². The van der Waals surface area contributed by atoms with E-state index in [1.54, 1.807) is 12.1 Å². The second kappa shape index (κ2) is 9.27. The van der Waals surface area contributed by atoms with Crippen LogP contribution in [0.15, 0.2) is 34.3 Å². The van der Waals surface area contributed by atoms with Gasteiger partial charge in [0.15, 0.2) is 5.16 Å². The van der Waals surface area contributed by atoms with Crippen molar-refractivity contribution in [2.75, 3.05) is 31.6 Å². The van der Waals surface area contributed by atoms with Crippen LogP contribution in [0.1, 0.15) is 38.4 Å². The van der Waals surface area contributed by atoms with Gasteiger partial charge in [-0.2, -0.15) is 4.31 Å². The summed E-state index contributed by atoms with van der Waals surface area (Å²) in [7, 11) is -3.55. The number of sulfonamides is 1. The fourth-order valence-electron chi connectivity index (χ4n) is 3.43. The summed E-state index contributed by atoms with van der Waals surface area (Å²) in [5.41, 5.74) is 0.550. The minimum absolute atomic E-state index is 0.174. The van der Waals surface area contributed by atoms with Gasteiger partial charge in [0, 0.05) is 31.2 Å². The first-order valence-electron chi connectivity index (χ1n) is 10.5. The van der Waals surface area contributed by atoms with E-state index in [1.807, 2.05) is 6.92 Å². The number of carbonyl (C=O) groups excluding carboxylic acids is 1. The largest absolute Gasteiger partial charge is 0.379 e. The minimum atomic E-state index is -3.55. The molecule has 1 saturated heterocycles. The zero-order valence-electron chi connectivity index (χ0n) is 17.7. The Bertz CT molecular complexity index is 1030. The summed E-state index contributed by atoms with van der Waals surface area (Å²) >= 11 is 1.38. The summed E-state index contributed by atoms with van der Waals surface area (Å²) in [4.78, 5) is 12.9. The third-order valence-electron chi connectivity index (χ3n) is 5.39. The molecule has 0 radical (unpaired) electrons. The Morgan fingerprint density at radius 1 is 1.23 bits per heavy atom. The molecule has 168 valence electrons. The van der Waals surface area contributed by atoms with Crippen LogP contribution in [0.25, 0.3) is 0 Å². The highest BCUT2D eigenvalue weighted by atomic mass is 32.2. The quantitative estimate of drug-likeness (QED) is 0.596. The van der Waals surface area contributed by atoms with E-state index < -0.39 is 10.0 Å². The van der Waals surface area contributed by atoms with E-state index in [-0.39, 0.29) is 16.1 Å². The number of hydrogen-bond donors (Lipinski definition) is 1. The molecule has 1 saturated carbocycles. The number of ether oxygens (including phenoxy) is 1. The molecule has 2 fully saturated rings. The lowest BCUT2D eigenvalue weighted by Gasteiger charge is -2.26. The van der Waals surface area contributed by atoms with Gasteiger partial charge in [-0.15, -0.1) is 10.2 Å². The van der Waals surface area contributed by atoms with E-state index in [9.17, 15) is 13.2 Å². The molecule has 4 rings (SSSR count). The van der Waals surface area contributed by atoms with Crippen molar-refractivity contribution in [2.24, 2.45) is 0 Å². The van der Waals surface area contributed by atoms with Crippen molar-refractivity contribution in [3.8, 4) is 0 Å². The van der Waals surface area contributed by atoms with E-state index in [2.05, 4.69) is 27.0 Å². The van der Waals surface area contributed by atoms with Crippen LogP contribution in [-0.2, 0) is 26.1 Å². The monoisotopic (exact) mass is 465 g/mol. The predicted molar refractivity (Wildman–Crippen MR) is 118 cm³/mol. The molecule has 2 heterocycles. The zero-order chi connectivity index (χ0) is 22.0. The third-order valence-corrected chi connectivity index (χ3v) is 8.38. The van der Waals surface area contributed by atoms with E-state index in [4.69, 9.17) is 4.74 Å². The number of benzene rings is 1. The molecule has 31 heavy (non-hydrogen) atoms. The molecule has 9 nitrogen and oxygen atoms in total. The van der Waals surface area contributed by atoms with Crippen molar-refractivity contribution in [1.29, 1.82) is 0 Å². The second-order valence-corrected chi connectivity index (χ2v) is 10.9. The van der Waals surface area contributed by atoms with E-state index in [0.29, 0.717) is 37.9 Å². The van der Waals surface area contributed by atoms with Gasteiger partial charge in [0.1, 0.15) is 5.82 Å². The number of carbonyl (C=O) groups is 1. The maximum Gasteiger partial charge on any atom is 0.243 e. The average molecular weight is 466 g/mol. The minimum Gasteiger partial charge on any atom is -0.379 e. The zero-order valence-corrected chi connectivity index (χ0v) is 19.3. The van der Waals surface area contributed by atoms with Crippen LogP contribution in [0, 0.1) is 0 Å². The van der Waals surface area contributed by atoms with Crippen molar-refractivity contribution >= 4 is 33.4 Å². The molecule has 0 spiro atoms. The third kappa shape index (κ3) is 4.94. The molecule has 0 bridgehead atoms. The molecule has 1 aromatic heterocycles. The number of aromatic nitrogens is 3. The van der Waals surface area contributed by atoms with Gasteiger partial charge >= 0.3 is 0 Å². The van der Waals surface area contributed by atoms with Gasteiger partial charge in [-0.1, -0.05) is 11.8 Å². The molecule has 1 aromatic carbocycles. The van der Waals surface area contributed by atoms with E-state index >= 15 is 0 Å². The maximum atomic E-state index is 12.7. The summed E-state index contributed by atoms with van der Waals surface area (Å²) < 4.78 is 34.1. The van der Waals surface area contributed by atoms with Crippen LogP contribution in [-0.4, -0.2) is 64.9 Å². The van der Waals surface area contributed by atoms with Crippen molar-refractivity contribution < 1.29 is 17.9 Å². The smallest absolute Gasteiger partial charge is 0.243 e. The fourth-order valence-corrected chi connectivity index (χ4v) is 5.76. The Labute approximate surface area is 186 Å². The van der Waals surface area contributed by atoms with Crippen LogP contribution in [0.4, 0.5) is 5.69 Å². The van der Waals surface area contributed by atoms with Crippen LogP contribution < -0.4 is 5.32 Å². The fraction of sp³-hybridized carbons (Fsp3) is 0.550. The lowest BCUT2D eigenvalue weighted by Crippen LogP contribution is -2.40. The standard InChI is InChI=1S/C20H27N5O4S2/c1-3-25-18(15-4-5-15)22-23-20(25)30-14(2)19(26)21-16-6-8-17(9-7-16)31(27,28)24-10-12-29-13-11-24/h6-9,14-15H,3-5,10-13H2,1-2H3,(H,21,26). The van der Waals surface area contributed by atoms with Gasteiger partial charge in [0.25, 0.3) is 0 Å². The van der Waals surface area contributed by atoms with Crippen LogP contribution >= 0.6 is 11.8 Å². The van der Waals surface area contributed by atoms with Crippen molar-refractivity contribution in [1.82, 2.24) is 19.1 Å². The van der Waals surface area contributed by atoms with Gasteiger partial charge < -0.3 is 14.6 Å². The number of rotatable bonds is 8. The molecule has 1 aliphatic carbocycles. The predicted octanol–water partition coefficient (Wildman–Crippen LogP) is 2.32. The Hall–Kier alpha value is -1.95. The van der Waals surface area contributed by atoms with Gasteiger partial charge in [-0.05, 0) is 51.0 Å². The normalized spacial score (nSPS) is 18.6. The molecule has 1 unspecified atom stereocenters. The van der Waals surface area contributed by atoms with E-state index in [1.165, 1.54) is 28.2 Å². The SMILES string of the molecule is CCn1c(SC(C)C(=O)Nc2ccc(S(=O)(=O)N3CCOCC3)cc2)nnc1C1CC1. The lowest BCUT2D eigenvalue weighted by molar-refractivity contribution is -0.115. The lowest BCUT2D eigenvalue weighted by atomic mass is 10.3. The summed E-state index contributed by atoms with van der Waals surface area (Å²) in [6, 6.07) is 6.27. The number of anilines is 1. The molecule has 1 atom stereocenters. The first-order valence-corrected chi connectivity index (χ1v) is 12.8. The molecule has 1 amide bonds. The molecule has 2 aliphatic rings. The number of hydrogen-bond acceptors (Lipinski definition) is 7. The summed E-state index contributed by atoms with van der Waals surface area (Å²) in [6.07, 6.45) is 2.30. The molecule has 1 aliphatic heterocycles. The average Bonchev–Trinajstić information content (AvgIpc) is 3.55. The number of amides is 1. The Morgan fingerprint density at radius 3 is 2.52 bits per heavy atom. The van der Waals surface area contributed by atoms with Crippen molar-refractivity contribution in [3.05, 3.63) is 30.1 Å². The summed E-state index contributed by atoms with van der Waals surface area (Å²) in [5, 5.41) is 11.8. The number of thioether (sulfide) groups is 1. The first-order chi connectivity index (χ1) is 14.9. The number of nitrogens with one attached hydrogen (secondary N) is 1. The second-order valence-electron chi connectivity index (χ2n) is 7.65. The Morgan fingerprint density at radius 2 is 1.90 bits per heavy atom. The maximum absolute atomic E-state index is 12.7. The Balaban J connectivity index is 1.38. The van der Waals surface area contributed by atoms with E-state index in [0.717, 1.165) is 30.4 Å². The van der Waals surface area contributed by atoms with Gasteiger partial charge in [0.05, 0.1) is 23.4 Å².